The molecule has 1 atom stereocenters. The molecule has 0 fully saturated rings. The summed E-state index contributed by atoms with van der Waals surface area (Å²) in [6, 6.07) is 10.7. The van der Waals surface area contributed by atoms with E-state index in [1.54, 1.807) is 31.2 Å². The Bertz CT molecular complexity index is 1230. The Labute approximate surface area is 179 Å². The van der Waals surface area contributed by atoms with Crippen LogP contribution in [-0.2, 0) is 13.0 Å². The Morgan fingerprint density at radius 3 is 2.84 bits per heavy atom. The van der Waals surface area contributed by atoms with Crippen LogP contribution in [0.3, 0.4) is 0 Å². The van der Waals surface area contributed by atoms with Crippen LogP contribution in [0.1, 0.15) is 42.4 Å². The average molecular weight is 420 g/mol. The van der Waals surface area contributed by atoms with Crippen LogP contribution in [0.2, 0.25) is 0 Å². The Balaban J connectivity index is 1.62. The van der Waals surface area contributed by atoms with Crippen LogP contribution >= 0.6 is 0 Å². The predicted molar refractivity (Wildman–Crippen MR) is 118 cm³/mol. The third kappa shape index (κ3) is 4.01. The maximum Gasteiger partial charge on any atom is 0.292 e. The van der Waals surface area contributed by atoms with Crippen LogP contribution < -0.4 is 20.5 Å². The number of rotatable bonds is 6. The molecule has 0 saturated heterocycles. The smallest absolute Gasteiger partial charge is 0.292 e. The number of ether oxygens (including phenoxy) is 2. The summed E-state index contributed by atoms with van der Waals surface area (Å²) < 4.78 is 12.8. The van der Waals surface area contributed by atoms with E-state index in [1.807, 2.05) is 26.0 Å². The zero-order chi connectivity index (χ0) is 22.0. The number of hydrogen-bond acceptors (Lipinski definition) is 6. The maximum absolute atomic E-state index is 12.8. The van der Waals surface area contributed by atoms with Crippen molar-refractivity contribution in [1.82, 2.24) is 15.2 Å². The highest BCUT2D eigenvalue weighted by Crippen LogP contribution is 2.34. The summed E-state index contributed by atoms with van der Waals surface area (Å²) in [6.45, 7) is 6.60. The molecule has 31 heavy (non-hydrogen) atoms. The fourth-order valence-electron chi connectivity index (χ4n) is 3.67. The normalized spacial score (nSPS) is 15.1. The number of carbonyl (C=O) groups excluding carboxylic acids is 1. The molecule has 0 aliphatic carbocycles. The number of nitrogens with zero attached hydrogens (tertiary/aromatic N) is 3. The molecular formula is C23H24N4O4. The molecule has 2 aromatic carbocycles. The van der Waals surface area contributed by atoms with E-state index >= 15 is 0 Å². The Hall–Kier alpha value is -3.68. The highest BCUT2D eigenvalue weighted by molar-refractivity contribution is 6.05. The van der Waals surface area contributed by atoms with Crippen LogP contribution in [0.15, 0.2) is 46.3 Å². The lowest BCUT2D eigenvalue weighted by atomic mass is 10.1. The van der Waals surface area contributed by atoms with Gasteiger partial charge in [-0.3, -0.25) is 9.59 Å². The molecule has 0 unspecified atom stereocenters. The van der Waals surface area contributed by atoms with E-state index in [2.05, 4.69) is 15.6 Å². The number of amides is 1. The first-order valence-electron chi connectivity index (χ1n) is 10.3. The van der Waals surface area contributed by atoms with Gasteiger partial charge in [0.05, 0.1) is 18.2 Å². The summed E-state index contributed by atoms with van der Waals surface area (Å²) in [7, 11) is 0. The molecule has 8 heteroatoms. The number of hydrazone groups is 1. The summed E-state index contributed by atoms with van der Waals surface area (Å²) in [5, 5.41) is 9.25. The summed E-state index contributed by atoms with van der Waals surface area (Å²) in [5.41, 5.74) is 4.22. The Morgan fingerprint density at radius 2 is 2.10 bits per heavy atom. The molecule has 0 bridgehead atoms. The van der Waals surface area contributed by atoms with E-state index in [0.29, 0.717) is 35.2 Å². The van der Waals surface area contributed by atoms with Crippen molar-refractivity contribution in [2.45, 2.75) is 39.8 Å². The fourth-order valence-corrected chi connectivity index (χ4v) is 3.67. The number of nitrogens with one attached hydrogen (secondary N) is 1. The van der Waals surface area contributed by atoms with Crippen molar-refractivity contribution in [1.29, 1.82) is 0 Å². The van der Waals surface area contributed by atoms with E-state index in [9.17, 15) is 9.59 Å². The first-order valence-corrected chi connectivity index (χ1v) is 10.3. The maximum atomic E-state index is 12.8. The summed E-state index contributed by atoms with van der Waals surface area (Å²) in [4.78, 5) is 25.3. The lowest BCUT2D eigenvalue weighted by Crippen LogP contribution is -2.28. The van der Waals surface area contributed by atoms with E-state index in [-0.39, 0.29) is 17.4 Å². The van der Waals surface area contributed by atoms with Crippen molar-refractivity contribution in [2.75, 3.05) is 6.61 Å². The number of carbonyl (C=O) groups is 1. The number of benzene rings is 2. The van der Waals surface area contributed by atoms with Crippen molar-refractivity contribution in [2.24, 2.45) is 5.10 Å². The predicted octanol–water partition coefficient (Wildman–Crippen LogP) is 2.90. The van der Waals surface area contributed by atoms with E-state index < -0.39 is 5.91 Å². The number of aromatic nitrogens is 2. The van der Waals surface area contributed by atoms with Gasteiger partial charge in [0.25, 0.3) is 11.5 Å². The SMILES string of the molecule is CCOc1cc2c(cc1/C=N\NC(=O)c1nn(CC)c(=O)c3ccccc13)O[C@@H](C)C2. The molecule has 3 aromatic rings. The van der Waals surface area contributed by atoms with Gasteiger partial charge in [-0.15, -0.1) is 0 Å². The quantitative estimate of drug-likeness (QED) is 0.489. The van der Waals surface area contributed by atoms with Gasteiger partial charge in [0.1, 0.15) is 17.6 Å². The van der Waals surface area contributed by atoms with E-state index in [1.165, 1.54) is 10.9 Å². The molecule has 8 nitrogen and oxygen atoms in total. The van der Waals surface area contributed by atoms with Crippen LogP contribution in [0.25, 0.3) is 10.8 Å². The zero-order valence-electron chi connectivity index (χ0n) is 17.7. The van der Waals surface area contributed by atoms with E-state index in [0.717, 1.165) is 17.7 Å². The molecule has 0 spiro atoms. The topological polar surface area (TPSA) is 94.8 Å². The van der Waals surface area contributed by atoms with Gasteiger partial charge in [-0.2, -0.15) is 10.2 Å². The lowest BCUT2D eigenvalue weighted by Gasteiger charge is -2.10. The van der Waals surface area contributed by atoms with Crippen LogP contribution in [0.4, 0.5) is 0 Å². The van der Waals surface area contributed by atoms with Crippen LogP contribution in [0, 0.1) is 0 Å². The van der Waals surface area contributed by atoms with Crippen molar-refractivity contribution < 1.29 is 14.3 Å². The molecule has 1 aliphatic rings. The second kappa shape index (κ2) is 8.59. The first-order chi connectivity index (χ1) is 15.0. The highest BCUT2D eigenvalue weighted by atomic mass is 16.5. The third-order valence-corrected chi connectivity index (χ3v) is 5.08. The second-order valence-electron chi connectivity index (χ2n) is 7.28. The van der Waals surface area contributed by atoms with Gasteiger partial charge in [0, 0.05) is 29.5 Å². The van der Waals surface area contributed by atoms with Crippen molar-refractivity contribution >= 4 is 22.9 Å². The van der Waals surface area contributed by atoms with Gasteiger partial charge in [-0.1, -0.05) is 18.2 Å². The van der Waals surface area contributed by atoms with Gasteiger partial charge in [0.15, 0.2) is 5.69 Å². The molecule has 1 amide bonds. The standard InChI is InChI=1S/C23H24N4O4/c1-4-27-23(29)18-9-7-6-8-17(18)21(26-27)22(28)25-24-13-16-12-20-15(10-14(3)31-20)11-19(16)30-5-2/h6-9,11-14H,4-5,10H2,1-3H3,(H,25,28)/b24-13-/t14-/m0/s1. The molecule has 160 valence electrons. The Kier molecular flexibility index (Phi) is 5.70. The molecule has 0 radical (unpaired) electrons. The van der Waals surface area contributed by atoms with Gasteiger partial charge in [-0.05, 0) is 39.0 Å². The average Bonchev–Trinajstić information content (AvgIpc) is 3.13. The van der Waals surface area contributed by atoms with Crippen molar-refractivity contribution in [3.8, 4) is 11.5 Å². The minimum Gasteiger partial charge on any atom is -0.493 e. The van der Waals surface area contributed by atoms with Gasteiger partial charge in [-0.25, -0.2) is 10.1 Å². The van der Waals surface area contributed by atoms with Crippen molar-refractivity contribution in [3.63, 3.8) is 0 Å². The van der Waals surface area contributed by atoms with Gasteiger partial charge < -0.3 is 9.47 Å². The first kappa shape index (κ1) is 20.6. The largest absolute Gasteiger partial charge is 0.493 e. The van der Waals surface area contributed by atoms with Crippen LogP contribution in [0.5, 0.6) is 11.5 Å². The number of fused-ring (bicyclic) bond motifs is 2. The van der Waals surface area contributed by atoms with E-state index in [4.69, 9.17) is 9.47 Å². The molecule has 1 aliphatic heterocycles. The third-order valence-electron chi connectivity index (χ3n) is 5.08. The van der Waals surface area contributed by atoms with Gasteiger partial charge in [0.2, 0.25) is 0 Å². The Morgan fingerprint density at radius 1 is 1.32 bits per heavy atom. The minimum absolute atomic E-state index is 0.116. The fraction of sp³-hybridized carbons (Fsp3) is 0.304. The summed E-state index contributed by atoms with van der Waals surface area (Å²) in [5.74, 6) is 0.977. The molecule has 1 N–H and O–H groups in total. The monoisotopic (exact) mass is 420 g/mol. The molecule has 1 aromatic heterocycles. The number of hydrogen-bond donors (Lipinski definition) is 1. The molecule has 2 heterocycles. The van der Waals surface area contributed by atoms with Crippen LogP contribution in [-0.4, -0.2) is 34.6 Å². The zero-order valence-corrected chi connectivity index (χ0v) is 17.7. The molecule has 0 saturated carbocycles. The van der Waals surface area contributed by atoms with Gasteiger partial charge >= 0.3 is 0 Å². The molecular weight excluding hydrogens is 396 g/mol. The number of aryl methyl sites for hydroxylation is 1. The lowest BCUT2D eigenvalue weighted by molar-refractivity contribution is 0.0949. The summed E-state index contributed by atoms with van der Waals surface area (Å²) in [6.07, 6.45) is 2.47. The summed E-state index contributed by atoms with van der Waals surface area (Å²) >= 11 is 0. The molecule has 4 rings (SSSR count). The minimum atomic E-state index is -0.501. The van der Waals surface area contributed by atoms with Crippen molar-refractivity contribution in [3.05, 3.63) is 63.6 Å². The second-order valence-corrected chi connectivity index (χ2v) is 7.28. The highest BCUT2D eigenvalue weighted by Gasteiger charge is 2.21.